The van der Waals surface area contributed by atoms with Crippen molar-refractivity contribution in [2.24, 2.45) is 4.99 Å². The Morgan fingerprint density at radius 1 is 1.40 bits per heavy atom. The summed E-state index contributed by atoms with van der Waals surface area (Å²) in [5.74, 6) is 1.83. The van der Waals surface area contributed by atoms with Crippen molar-refractivity contribution in [1.29, 1.82) is 0 Å². The van der Waals surface area contributed by atoms with Crippen LogP contribution in [0.15, 0.2) is 29.3 Å². The normalized spacial score (nSPS) is 13.7. The van der Waals surface area contributed by atoms with Crippen LogP contribution in [0, 0.1) is 0 Å². The predicted octanol–water partition coefficient (Wildman–Crippen LogP) is 1.72. The molecular formula is C14H22IN3O2. The topological polar surface area (TPSA) is 46.1 Å². The van der Waals surface area contributed by atoms with E-state index in [9.17, 15) is 0 Å². The summed E-state index contributed by atoms with van der Waals surface area (Å²) in [5, 5.41) is 3.27. The van der Waals surface area contributed by atoms with Gasteiger partial charge in [0.05, 0.1) is 26.9 Å². The van der Waals surface area contributed by atoms with E-state index in [4.69, 9.17) is 9.47 Å². The van der Waals surface area contributed by atoms with E-state index in [0.717, 1.165) is 36.9 Å². The maximum absolute atomic E-state index is 5.62. The number of guanidine groups is 1. The monoisotopic (exact) mass is 391 g/mol. The molecule has 1 heterocycles. The van der Waals surface area contributed by atoms with Gasteiger partial charge in [0.2, 0.25) is 0 Å². The molecule has 0 fully saturated rings. The first-order valence-corrected chi connectivity index (χ1v) is 6.50. The Morgan fingerprint density at radius 2 is 2.25 bits per heavy atom. The van der Waals surface area contributed by atoms with Gasteiger partial charge in [-0.1, -0.05) is 12.1 Å². The molecule has 20 heavy (non-hydrogen) atoms. The molecule has 0 spiro atoms. The Hall–Kier alpha value is -1.02. The summed E-state index contributed by atoms with van der Waals surface area (Å²) in [6.07, 6.45) is 0. The van der Waals surface area contributed by atoms with Crippen molar-refractivity contribution in [3.05, 3.63) is 29.8 Å². The first-order chi connectivity index (χ1) is 9.29. The van der Waals surface area contributed by atoms with Crippen molar-refractivity contribution in [2.75, 3.05) is 40.4 Å². The summed E-state index contributed by atoms with van der Waals surface area (Å²) in [5.41, 5.74) is 1.12. The molecule has 1 aromatic rings. The van der Waals surface area contributed by atoms with Crippen molar-refractivity contribution < 1.29 is 9.47 Å². The van der Waals surface area contributed by atoms with Gasteiger partial charge in [-0.2, -0.15) is 0 Å². The Morgan fingerprint density at radius 3 is 2.95 bits per heavy atom. The Bertz CT molecular complexity index is 440. The quantitative estimate of drug-likeness (QED) is 0.593. The van der Waals surface area contributed by atoms with Gasteiger partial charge in [-0.3, -0.25) is 4.99 Å². The molecule has 0 aliphatic carbocycles. The number of methoxy groups -OCH3 is 1. The van der Waals surface area contributed by atoms with E-state index < -0.39 is 0 Å². The predicted molar refractivity (Wildman–Crippen MR) is 91.0 cm³/mol. The van der Waals surface area contributed by atoms with Gasteiger partial charge in [0.1, 0.15) is 5.75 Å². The van der Waals surface area contributed by atoms with Gasteiger partial charge in [0.15, 0.2) is 5.96 Å². The summed E-state index contributed by atoms with van der Waals surface area (Å²) in [7, 11) is 3.71. The first kappa shape index (κ1) is 17.0. The second-order valence-corrected chi connectivity index (χ2v) is 4.46. The number of ether oxygens (including phenoxy) is 2. The fraction of sp³-hybridized carbons (Fsp3) is 0.500. The van der Waals surface area contributed by atoms with Crippen molar-refractivity contribution in [3.8, 4) is 5.75 Å². The van der Waals surface area contributed by atoms with Crippen LogP contribution in [0.3, 0.4) is 0 Å². The van der Waals surface area contributed by atoms with Crippen molar-refractivity contribution >= 4 is 29.9 Å². The van der Waals surface area contributed by atoms with E-state index in [0.29, 0.717) is 13.2 Å². The lowest BCUT2D eigenvalue weighted by molar-refractivity contribution is 0.125. The van der Waals surface area contributed by atoms with Crippen LogP contribution in [-0.4, -0.2) is 51.3 Å². The highest BCUT2D eigenvalue weighted by atomic mass is 127. The number of nitrogens with zero attached hydrogens (tertiary/aromatic N) is 2. The smallest absolute Gasteiger partial charge is 0.193 e. The minimum atomic E-state index is 0. The zero-order chi connectivity index (χ0) is 13.5. The van der Waals surface area contributed by atoms with Gasteiger partial charge in [-0.15, -0.1) is 24.0 Å². The van der Waals surface area contributed by atoms with Gasteiger partial charge >= 0.3 is 0 Å². The lowest BCUT2D eigenvalue weighted by Gasteiger charge is -2.15. The Balaban J connectivity index is 0.00000200. The molecule has 1 aromatic carbocycles. The van der Waals surface area contributed by atoms with Crippen molar-refractivity contribution in [2.45, 2.75) is 6.61 Å². The number of rotatable bonds is 6. The Labute approximate surface area is 137 Å². The lowest BCUT2D eigenvalue weighted by atomic mass is 10.2. The molecule has 112 valence electrons. The van der Waals surface area contributed by atoms with Gasteiger partial charge in [-0.25, -0.2) is 0 Å². The van der Waals surface area contributed by atoms with E-state index in [1.165, 1.54) is 0 Å². The molecule has 0 saturated carbocycles. The SMILES string of the molecule is COc1cccc(COCCNC2=NCCN2C)c1.I. The third-order valence-electron chi connectivity index (χ3n) is 2.99. The summed E-state index contributed by atoms with van der Waals surface area (Å²) in [6.45, 7) is 3.90. The Kier molecular flexibility index (Phi) is 7.68. The molecule has 1 N–H and O–H groups in total. The van der Waals surface area contributed by atoms with E-state index in [1.54, 1.807) is 7.11 Å². The fourth-order valence-electron chi connectivity index (χ4n) is 1.91. The highest BCUT2D eigenvalue weighted by Crippen LogP contribution is 2.12. The van der Waals surface area contributed by atoms with E-state index in [-0.39, 0.29) is 24.0 Å². The van der Waals surface area contributed by atoms with Crippen molar-refractivity contribution in [3.63, 3.8) is 0 Å². The molecule has 1 aliphatic rings. The van der Waals surface area contributed by atoms with Crippen LogP contribution in [0.5, 0.6) is 5.75 Å². The number of nitrogens with one attached hydrogen (secondary N) is 1. The molecular weight excluding hydrogens is 369 g/mol. The summed E-state index contributed by atoms with van der Waals surface area (Å²) < 4.78 is 10.8. The second-order valence-electron chi connectivity index (χ2n) is 4.46. The van der Waals surface area contributed by atoms with Gasteiger partial charge in [0, 0.05) is 20.1 Å². The minimum absolute atomic E-state index is 0. The van der Waals surface area contributed by atoms with E-state index in [2.05, 4.69) is 15.2 Å². The van der Waals surface area contributed by atoms with Crippen LogP contribution < -0.4 is 10.1 Å². The number of aliphatic imine (C=N–C) groups is 1. The third-order valence-corrected chi connectivity index (χ3v) is 2.99. The van der Waals surface area contributed by atoms with Crippen LogP contribution in [0.25, 0.3) is 0 Å². The maximum atomic E-state index is 5.62. The molecule has 0 unspecified atom stereocenters. The van der Waals surface area contributed by atoms with Crippen LogP contribution >= 0.6 is 24.0 Å². The molecule has 1 aliphatic heterocycles. The maximum Gasteiger partial charge on any atom is 0.193 e. The zero-order valence-corrected chi connectivity index (χ0v) is 14.3. The highest BCUT2D eigenvalue weighted by Gasteiger charge is 2.10. The zero-order valence-electron chi connectivity index (χ0n) is 12.0. The van der Waals surface area contributed by atoms with Crippen LogP contribution in [-0.2, 0) is 11.3 Å². The molecule has 2 rings (SSSR count). The summed E-state index contributed by atoms with van der Waals surface area (Å²) in [4.78, 5) is 6.47. The average molecular weight is 391 g/mol. The molecule has 5 nitrogen and oxygen atoms in total. The fourth-order valence-corrected chi connectivity index (χ4v) is 1.91. The number of hydrogen-bond donors (Lipinski definition) is 1. The van der Waals surface area contributed by atoms with Crippen molar-refractivity contribution in [1.82, 2.24) is 10.2 Å². The van der Waals surface area contributed by atoms with Gasteiger partial charge < -0.3 is 19.7 Å². The standard InChI is InChI=1S/C14H21N3O2.HI/c1-17-8-6-15-14(17)16-7-9-19-11-12-4-3-5-13(10-12)18-2;/h3-5,10H,6-9,11H2,1-2H3,(H,15,16);1H. The molecule has 0 bridgehead atoms. The number of halogens is 1. The summed E-state index contributed by atoms with van der Waals surface area (Å²) in [6, 6.07) is 7.92. The third kappa shape index (κ3) is 5.16. The number of likely N-dealkylation sites (N-methyl/N-ethyl adjacent to an activating group) is 1. The van der Waals surface area contributed by atoms with Crippen LogP contribution in [0.1, 0.15) is 5.56 Å². The number of hydrogen-bond acceptors (Lipinski definition) is 5. The molecule has 0 amide bonds. The molecule has 0 atom stereocenters. The van der Waals surface area contributed by atoms with E-state index >= 15 is 0 Å². The highest BCUT2D eigenvalue weighted by molar-refractivity contribution is 14.0. The van der Waals surface area contributed by atoms with E-state index in [1.807, 2.05) is 31.3 Å². The molecule has 0 aromatic heterocycles. The average Bonchev–Trinajstić information content (AvgIpc) is 2.84. The van der Waals surface area contributed by atoms with Crippen LogP contribution in [0.2, 0.25) is 0 Å². The largest absolute Gasteiger partial charge is 0.497 e. The lowest BCUT2D eigenvalue weighted by Crippen LogP contribution is -2.37. The molecule has 0 radical (unpaired) electrons. The molecule has 6 heteroatoms. The number of benzene rings is 1. The summed E-state index contributed by atoms with van der Waals surface area (Å²) >= 11 is 0. The van der Waals surface area contributed by atoms with Gasteiger partial charge in [0.25, 0.3) is 0 Å². The van der Waals surface area contributed by atoms with Crippen LogP contribution in [0.4, 0.5) is 0 Å². The molecule has 0 saturated heterocycles. The minimum Gasteiger partial charge on any atom is -0.497 e. The second kappa shape index (κ2) is 9.02. The van der Waals surface area contributed by atoms with Gasteiger partial charge in [-0.05, 0) is 17.7 Å². The first-order valence-electron chi connectivity index (χ1n) is 6.50.